The second-order valence-electron chi connectivity index (χ2n) is 4.87. The Balaban J connectivity index is 2.06. The molecule has 0 unspecified atom stereocenters. The van der Waals surface area contributed by atoms with E-state index in [2.05, 4.69) is 5.32 Å². The third-order valence-electron chi connectivity index (χ3n) is 3.27. The van der Waals surface area contributed by atoms with Crippen LogP contribution in [-0.4, -0.2) is 30.1 Å². The van der Waals surface area contributed by atoms with E-state index in [0.29, 0.717) is 18.7 Å². The average molecular weight is 301 g/mol. The maximum Gasteiger partial charge on any atom is 0.270 e. The zero-order chi connectivity index (χ0) is 15.9. The Hall–Kier alpha value is -2.72. The fraction of sp³-hybridized carbons (Fsp3) is 0.333. The lowest BCUT2D eigenvalue weighted by atomic mass is 10.1. The summed E-state index contributed by atoms with van der Waals surface area (Å²) in [6.45, 7) is 1.04. The van der Waals surface area contributed by atoms with Crippen LogP contribution in [0.3, 0.4) is 0 Å². The summed E-state index contributed by atoms with van der Waals surface area (Å²) >= 11 is 0. The van der Waals surface area contributed by atoms with E-state index in [-0.39, 0.29) is 17.4 Å². The minimum Gasteiger partial charge on any atom is -0.376 e. The van der Waals surface area contributed by atoms with Gasteiger partial charge < -0.3 is 10.1 Å². The van der Waals surface area contributed by atoms with Crippen molar-refractivity contribution in [2.75, 3.05) is 13.2 Å². The summed E-state index contributed by atoms with van der Waals surface area (Å²) in [6, 6.07) is 7.57. The number of carbonyl (C=O) groups is 1. The Morgan fingerprint density at radius 1 is 1.59 bits per heavy atom. The third-order valence-corrected chi connectivity index (χ3v) is 3.27. The zero-order valence-corrected chi connectivity index (χ0v) is 11.8. The standard InChI is InChI=1S/C15H15N3O4/c16-9-12(15(19)17-10-14-5-2-6-22-14)7-11-3-1-4-13(8-11)18(20)21/h1,3-4,7-8,14H,2,5-6,10H2,(H,17,19)/b12-7-/t14-/m0/s1. The Morgan fingerprint density at radius 2 is 2.41 bits per heavy atom. The molecular weight excluding hydrogens is 286 g/mol. The molecule has 1 atom stereocenters. The summed E-state index contributed by atoms with van der Waals surface area (Å²) in [5, 5.41) is 22.4. The van der Waals surface area contributed by atoms with Gasteiger partial charge in [-0.2, -0.15) is 5.26 Å². The first-order chi connectivity index (χ1) is 10.6. The van der Waals surface area contributed by atoms with Crippen molar-refractivity contribution in [1.29, 1.82) is 5.26 Å². The molecule has 7 heteroatoms. The van der Waals surface area contributed by atoms with Gasteiger partial charge in [0.1, 0.15) is 11.6 Å². The molecule has 1 saturated heterocycles. The molecule has 22 heavy (non-hydrogen) atoms. The number of hydrogen-bond donors (Lipinski definition) is 1. The van der Waals surface area contributed by atoms with E-state index in [1.165, 1.54) is 24.3 Å². The first-order valence-electron chi connectivity index (χ1n) is 6.86. The zero-order valence-electron chi connectivity index (χ0n) is 11.8. The van der Waals surface area contributed by atoms with Crippen LogP contribution in [0.5, 0.6) is 0 Å². The molecule has 1 aromatic rings. The van der Waals surface area contributed by atoms with Crippen LogP contribution in [-0.2, 0) is 9.53 Å². The maximum atomic E-state index is 12.0. The van der Waals surface area contributed by atoms with Crippen LogP contribution in [0.25, 0.3) is 6.08 Å². The van der Waals surface area contributed by atoms with E-state index >= 15 is 0 Å². The van der Waals surface area contributed by atoms with Gasteiger partial charge in [0.2, 0.25) is 0 Å². The molecule has 1 aliphatic rings. The normalized spacial score (nSPS) is 17.8. The molecule has 0 spiro atoms. The van der Waals surface area contributed by atoms with Crippen LogP contribution in [0.15, 0.2) is 29.8 Å². The van der Waals surface area contributed by atoms with Crippen LogP contribution >= 0.6 is 0 Å². The number of carbonyl (C=O) groups excluding carboxylic acids is 1. The predicted molar refractivity (Wildman–Crippen MR) is 78.7 cm³/mol. The SMILES string of the molecule is N#C/C(=C/c1cccc([N+](=O)[O-])c1)C(=O)NC[C@@H]1CCCO1. The lowest BCUT2D eigenvalue weighted by Gasteiger charge is -2.10. The first kappa shape index (κ1) is 15.7. The third kappa shape index (κ3) is 4.14. The lowest BCUT2D eigenvalue weighted by molar-refractivity contribution is -0.384. The fourth-order valence-corrected chi connectivity index (χ4v) is 2.15. The molecule has 114 valence electrons. The van der Waals surface area contributed by atoms with Crippen molar-refractivity contribution in [3.8, 4) is 6.07 Å². The minimum atomic E-state index is -0.527. The summed E-state index contributed by atoms with van der Waals surface area (Å²) in [7, 11) is 0. The molecule has 0 bridgehead atoms. The van der Waals surface area contributed by atoms with Crippen molar-refractivity contribution >= 4 is 17.7 Å². The molecule has 2 rings (SSSR count). The van der Waals surface area contributed by atoms with Crippen molar-refractivity contribution in [2.24, 2.45) is 0 Å². The molecule has 0 saturated carbocycles. The highest BCUT2D eigenvalue weighted by Gasteiger charge is 2.17. The topological polar surface area (TPSA) is 105 Å². The molecule has 1 aromatic carbocycles. The van der Waals surface area contributed by atoms with Gasteiger partial charge >= 0.3 is 0 Å². The van der Waals surface area contributed by atoms with E-state index in [9.17, 15) is 14.9 Å². The highest BCUT2D eigenvalue weighted by atomic mass is 16.6. The average Bonchev–Trinajstić information content (AvgIpc) is 3.04. The van der Waals surface area contributed by atoms with Gasteiger partial charge in [-0.1, -0.05) is 12.1 Å². The molecule has 1 fully saturated rings. The Bertz CT molecular complexity index is 642. The monoisotopic (exact) mass is 301 g/mol. The van der Waals surface area contributed by atoms with E-state index in [1.54, 1.807) is 6.07 Å². The summed E-state index contributed by atoms with van der Waals surface area (Å²) in [6.07, 6.45) is 3.17. The number of nitrogens with one attached hydrogen (secondary N) is 1. The number of hydrogen-bond acceptors (Lipinski definition) is 5. The Morgan fingerprint density at radius 3 is 3.05 bits per heavy atom. The molecule has 1 aliphatic heterocycles. The van der Waals surface area contributed by atoms with Gasteiger partial charge in [0, 0.05) is 25.3 Å². The Labute approximate surface area is 127 Å². The first-order valence-corrected chi connectivity index (χ1v) is 6.86. The van der Waals surface area contributed by atoms with Crippen molar-refractivity contribution in [1.82, 2.24) is 5.32 Å². The number of amides is 1. The number of nitriles is 1. The highest BCUT2D eigenvalue weighted by molar-refractivity contribution is 6.01. The molecule has 0 radical (unpaired) electrons. The molecular formula is C15H15N3O4. The maximum absolute atomic E-state index is 12.0. The van der Waals surface area contributed by atoms with Crippen LogP contribution in [0.2, 0.25) is 0 Å². The number of ether oxygens (including phenoxy) is 1. The van der Waals surface area contributed by atoms with Gasteiger partial charge in [0.05, 0.1) is 11.0 Å². The number of nitro groups is 1. The summed E-state index contributed by atoms with van der Waals surface area (Å²) in [5.74, 6) is -0.510. The minimum absolute atomic E-state index is 0.0123. The van der Waals surface area contributed by atoms with Crippen LogP contribution in [0.1, 0.15) is 18.4 Å². The quantitative estimate of drug-likeness (QED) is 0.386. The summed E-state index contributed by atoms with van der Waals surface area (Å²) < 4.78 is 5.39. The van der Waals surface area contributed by atoms with Gasteiger partial charge in [0.15, 0.2) is 0 Å². The van der Waals surface area contributed by atoms with Gasteiger partial charge in [-0.25, -0.2) is 0 Å². The molecule has 1 amide bonds. The Kier molecular flexibility index (Phi) is 5.22. The van der Waals surface area contributed by atoms with E-state index < -0.39 is 10.8 Å². The number of rotatable bonds is 5. The van der Waals surface area contributed by atoms with E-state index in [0.717, 1.165) is 12.8 Å². The van der Waals surface area contributed by atoms with Crippen molar-refractivity contribution in [3.63, 3.8) is 0 Å². The van der Waals surface area contributed by atoms with Gasteiger partial charge in [0.25, 0.3) is 11.6 Å². The van der Waals surface area contributed by atoms with Gasteiger partial charge in [-0.3, -0.25) is 14.9 Å². The largest absolute Gasteiger partial charge is 0.376 e. The number of non-ortho nitro benzene ring substituents is 1. The van der Waals surface area contributed by atoms with Crippen molar-refractivity contribution in [2.45, 2.75) is 18.9 Å². The fourth-order valence-electron chi connectivity index (χ4n) is 2.15. The van der Waals surface area contributed by atoms with Crippen molar-refractivity contribution in [3.05, 3.63) is 45.5 Å². The highest BCUT2D eigenvalue weighted by Crippen LogP contribution is 2.16. The number of benzene rings is 1. The summed E-state index contributed by atoms with van der Waals surface area (Å²) in [5.41, 5.74) is 0.238. The van der Waals surface area contributed by atoms with Gasteiger partial charge in [-0.15, -0.1) is 0 Å². The van der Waals surface area contributed by atoms with Gasteiger partial charge in [-0.05, 0) is 24.5 Å². The molecule has 0 aromatic heterocycles. The van der Waals surface area contributed by atoms with E-state index in [1.807, 2.05) is 6.07 Å². The van der Waals surface area contributed by atoms with Crippen molar-refractivity contribution < 1.29 is 14.5 Å². The van der Waals surface area contributed by atoms with Crippen LogP contribution in [0, 0.1) is 21.4 Å². The molecule has 7 nitrogen and oxygen atoms in total. The molecule has 1 heterocycles. The second kappa shape index (κ2) is 7.33. The number of nitrogens with zero attached hydrogens (tertiary/aromatic N) is 2. The lowest BCUT2D eigenvalue weighted by Crippen LogP contribution is -2.32. The second-order valence-corrected chi connectivity index (χ2v) is 4.87. The van der Waals surface area contributed by atoms with Crippen LogP contribution in [0.4, 0.5) is 5.69 Å². The summed E-state index contributed by atoms with van der Waals surface area (Å²) in [4.78, 5) is 22.2. The predicted octanol–water partition coefficient (Wildman–Crippen LogP) is 1.80. The smallest absolute Gasteiger partial charge is 0.270 e. The molecule has 1 N–H and O–H groups in total. The number of nitro benzene ring substituents is 1. The van der Waals surface area contributed by atoms with Crippen LogP contribution < -0.4 is 5.32 Å². The molecule has 0 aliphatic carbocycles. The van der Waals surface area contributed by atoms with E-state index in [4.69, 9.17) is 10.00 Å².